The quantitative estimate of drug-likeness (QED) is 0.296. The number of amides is 1. The maximum atomic E-state index is 14.3. The number of ether oxygens (including phenoxy) is 1. The molecule has 0 radical (unpaired) electrons. The molecule has 0 N–H and O–H groups in total. The summed E-state index contributed by atoms with van der Waals surface area (Å²) >= 11 is 0. The van der Waals surface area contributed by atoms with Gasteiger partial charge in [0.05, 0.1) is 12.8 Å². The number of methoxy groups -OCH3 is 1. The normalized spacial score (nSPS) is 17.1. The second kappa shape index (κ2) is 10.1. The summed E-state index contributed by atoms with van der Waals surface area (Å²) in [7, 11) is 1.21. The van der Waals surface area contributed by atoms with Gasteiger partial charge in [-0.25, -0.2) is 0 Å². The van der Waals surface area contributed by atoms with E-state index >= 15 is 0 Å². The second-order valence-electron chi connectivity index (χ2n) is 8.47. The molecule has 1 aromatic rings. The molecule has 1 aromatic carbocycles. The average Bonchev–Trinajstić information content (AvgIpc) is 2.86. The monoisotopic (exact) mass is 638 g/mol. The molecule has 2 rings (SSSR count). The van der Waals surface area contributed by atoms with Gasteiger partial charge in [0.25, 0.3) is 5.91 Å². The third kappa shape index (κ3) is 4.85. The van der Waals surface area contributed by atoms with Crippen molar-refractivity contribution in [1.29, 1.82) is 0 Å². The SMILES string of the molecule is COc1ccccc1N1CCN(C(=O)C(F)(F)C(F)(F)C(F)(F)C(F)(F)C(F)(F)C(F)(F)C(F)(F)C(F)(F)F)CC1. The number of para-hydroxylation sites is 2. The fourth-order valence-electron chi connectivity index (χ4n) is 3.54. The first kappa shape index (κ1) is 34.3. The minimum absolute atomic E-state index is 0.180. The topological polar surface area (TPSA) is 32.8 Å². The predicted octanol–water partition coefficient (Wildman–Crippen LogP) is 6.35. The Morgan fingerprint density at radius 2 is 1.00 bits per heavy atom. The van der Waals surface area contributed by atoms with E-state index in [0.29, 0.717) is 0 Å². The summed E-state index contributed by atoms with van der Waals surface area (Å²) in [6, 6.07) is 5.76. The van der Waals surface area contributed by atoms with Gasteiger partial charge in [-0.05, 0) is 12.1 Å². The van der Waals surface area contributed by atoms with E-state index in [9.17, 15) is 79.4 Å². The first-order valence-electron chi connectivity index (χ1n) is 10.6. The highest BCUT2D eigenvalue weighted by Crippen LogP contribution is 2.64. The third-order valence-electron chi connectivity index (χ3n) is 5.98. The molecule has 21 heteroatoms. The van der Waals surface area contributed by atoms with Crippen LogP contribution in [0, 0.1) is 0 Å². The maximum absolute atomic E-state index is 14.3. The highest BCUT2D eigenvalue weighted by atomic mass is 19.4. The highest BCUT2D eigenvalue weighted by molar-refractivity contribution is 5.85. The summed E-state index contributed by atoms with van der Waals surface area (Å²) in [5, 5.41) is 0. The molecule has 1 amide bonds. The Bertz CT molecular complexity index is 1110. The number of rotatable bonds is 9. The van der Waals surface area contributed by atoms with Crippen LogP contribution < -0.4 is 9.64 Å². The fraction of sp³-hybridized carbons (Fsp3) is 0.650. The number of carbonyl (C=O) groups is 1. The first-order chi connectivity index (χ1) is 18.2. The Hall–Kier alpha value is -2.90. The summed E-state index contributed by atoms with van der Waals surface area (Å²) in [5.41, 5.74) is 0.254. The Kier molecular flexibility index (Phi) is 8.47. The number of piperazine rings is 1. The van der Waals surface area contributed by atoms with Crippen molar-refractivity contribution in [3.8, 4) is 5.75 Å². The number of hydrogen-bond donors (Lipinski definition) is 0. The zero-order valence-electron chi connectivity index (χ0n) is 19.8. The van der Waals surface area contributed by atoms with Crippen LogP contribution in [0.2, 0.25) is 0 Å². The number of anilines is 1. The molecular weight excluding hydrogens is 623 g/mol. The van der Waals surface area contributed by atoms with Crippen LogP contribution in [0.4, 0.5) is 80.3 Å². The molecule has 0 unspecified atom stereocenters. The van der Waals surface area contributed by atoms with Crippen molar-refractivity contribution < 1.29 is 84.2 Å². The van der Waals surface area contributed by atoms with E-state index in [2.05, 4.69) is 0 Å². The molecule has 1 aliphatic heterocycles. The Labute approximate surface area is 217 Å². The molecular formula is C20H15F17N2O2. The highest BCUT2D eigenvalue weighted by Gasteiger charge is 2.95. The number of carbonyl (C=O) groups excluding carboxylic acids is 1. The van der Waals surface area contributed by atoms with Gasteiger partial charge in [0.1, 0.15) is 5.75 Å². The van der Waals surface area contributed by atoms with Crippen molar-refractivity contribution in [2.45, 2.75) is 47.6 Å². The summed E-state index contributed by atoms with van der Waals surface area (Å²) < 4.78 is 233. The molecule has 0 aliphatic carbocycles. The van der Waals surface area contributed by atoms with Crippen LogP contribution in [0.1, 0.15) is 0 Å². The summed E-state index contributed by atoms with van der Waals surface area (Å²) in [6.07, 6.45) is -7.83. The van der Waals surface area contributed by atoms with Crippen molar-refractivity contribution in [2.75, 3.05) is 38.2 Å². The van der Waals surface area contributed by atoms with Crippen LogP contribution in [-0.4, -0.2) is 91.7 Å². The molecule has 0 aromatic heterocycles. The molecule has 1 fully saturated rings. The van der Waals surface area contributed by atoms with Crippen molar-refractivity contribution in [2.24, 2.45) is 0 Å². The van der Waals surface area contributed by atoms with Crippen molar-refractivity contribution in [3.05, 3.63) is 24.3 Å². The van der Waals surface area contributed by atoms with Gasteiger partial charge in [-0.2, -0.15) is 74.6 Å². The van der Waals surface area contributed by atoms with Gasteiger partial charge in [-0.15, -0.1) is 0 Å². The minimum atomic E-state index is -8.74. The molecule has 1 saturated heterocycles. The standard InChI is InChI=1S/C20H15F17N2O2/c1-41-11-5-3-2-4-10(11)38-6-8-39(9-7-38)12(40)13(21,22)14(23,24)15(25,26)16(27,28)17(29,30)18(31,32)19(33,34)20(35,36)37/h2-5H,6-9H2,1H3. The lowest BCUT2D eigenvalue weighted by Gasteiger charge is -2.43. The summed E-state index contributed by atoms with van der Waals surface area (Å²) in [5.74, 6) is -61.2. The summed E-state index contributed by atoms with van der Waals surface area (Å²) in [4.78, 5) is 13.0. The van der Waals surface area contributed by atoms with Gasteiger partial charge in [-0.3, -0.25) is 4.79 Å². The van der Waals surface area contributed by atoms with E-state index in [4.69, 9.17) is 4.74 Å². The maximum Gasteiger partial charge on any atom is 0.460 e. The van der Waals surface area contributed by atoms with Gasteiger partial charge in [-0.1, -0.05) is 12.1 Å². The number of alkyl halides is 17. The van der Waals surface area contributed by atoms with E-state index in [1.165, 1.54) is 36.3 Å². The molecule has 1 aliphatic rings. The van der Waals surface area contributed by atoms with Crippen molar-refractivity contribution >= 4 is 11.6 Å². The predicted molar refractivity (Wildman–Crippen MR) is 102 cm³/mol. The van der Waals surface area contributed by atoms with E-state index in [1.807, 2.05) is 0 Å². The van der Waals surface area contributed by atoms with E-state index in [1.54, 1.807) is 0 Å². The Balaban J connectivity index is 2.40. The Morgan fingerprint density at radius 3 is 1.41 bits per heavy atom. The smallest absolute Gasteiger partial charge is 0.460 e. The van der Waals surface area contributed by atoms with E-state index < -0.39 is 79.7 Å². The third-order valence-corrected chi connectivity index (χ3v) is 5.98. The van der Waals surface area contributed by atoms with Crippen LogP contribution in [-0.2, 0) is 4.79 Å². The lowest BCUT2D eigenvalue weighted by molar-refractivity contribution is -0.459. The van der Waals surface area contributed by atoms with Gasteiger partial charge in [0.15, 0.2) is 0 Å². The Morgan fingerprint density at radius 1 is 0.610 bits per heavy atom. The van der Waals surface area contributed by atoms with Gasteiger partial charge >= 0.3 is 47.6 Å². The lowest BCUT2D eigenvalue weighted by Crippen LogP contribution is -2.75. The van der Waals surface area contributed by atoms with Crippen LogP contribution in [0.3, 0.4) is 0 Å². The van der Waals surface area contributed by atoms with Crippen LogP contribution in [0.25, 0.3) is 0 Å². The number of halogens is 17. The zero-order chi connectivity index (χ0) is 32.3. The van der Waals surface area contributed by atoms with Crippen LogP contribution >= 0.6 is 0 Å². The lowest BCUT2D eigenvalue weighted by atomic mass is 9.88. The second-order valence-corrected chi connectivity index (χ2v) is 8.47. The number of nitrogens with zero attached hydrogens (tertiary/aromatic N) is 2. The molecule has 4 nitrogen and oxygen atoms in total. The number of hydrogen-bond acceptors (Lipinski definition) is 3. The fourth-order valence-corrected chi connectivity index (χ4v) is 3.54. The molecule has 0 bridgehead atoms. The summed E-state index contributed by atoms with van der Waals surface area (Å²) in [6.45, 7) is -3.07. The van der Waals surface area contributed by atoms with Crippen molar-refractivity contribution in [3.63, 3.8) is 0 Å². The zero-order valence-corrected chi connectivity index (χ0v) is 19.8. The molecule has 0 atom stereocenters. The van der Waals surface area contributed by atoms with E-state index in [0.717, 1.165) is 0 Å². The molecule has 1 heterocycles. The first-order valence-corrected chi connectivity index (χ1v) is 10.6. The molecule has 0 spiro atoms. The van der Waals surface area contributed by atoms with Gasteiger partial charge in [0.2, 0.25) is 0 Å². The van der Waals surface area contributed by atoms with E-state index in [-0.39, 0.29) is 16.3 Å². The minimum Gasteiger partial charge on any atom is -0.495 e. The molecule has 41 heavy (non-hydrogen) atoms. The van der Waals surface area contributed by atoms with Crippen LogP contribution in [0.15, 0.2) is 24.3 Å². The average molecular weight is 638 g/mol. The van der Waals surface area contributed by atoms with Crippen molar-refractivity contribution in [1.82, 2.24) is 4.90 Å². The van der Waals surface area contributed by atoms with Gasteiger partial charge in [0, 0.05) is 26.2 Å². The van der Waals surface area contributed by atoms with Crippen LogP contribution in [0.5, 0.6) is 5.75 Å². The van der Waals surface area contributed by atoms with Gasteiger partial charge < -0.3 is 14.5 Å². The molecule has 0 saturated carbocycles. The largest absolute Gasteiger partial charge is 0.495 e. The molecule has 236 valence electrons. The number of benzene rings is 1.